The maximum atomic E-state index is 9.12. The van der Waals surface area contributed by atoms with Crippen LogP contribution in [0.4, 0.5) is 0 Å². The summed E-state index contributed by atoms with van der Waals surface area (Å²) in [7, 11) is 0. The standard InChI is InChI=1S/C9H12N2O2/c10-6-3-8(4-6)13-9-5-7(12)1-2-11-9/h1-2,5-6,8H,3-4,10H2,(H,11,12)/t6-,8+. The zero-order chi connectivity index (χ0) is 9.26. The van der Waals surface area contributed by atoms with Crippen LogP contribution in [0.3, 0.4) is 0 Å². The Morgan fingerprint density at radius 3 is 2.92 bits per heavy atom. The van der Waals surface area contributed by atoms with E-state index < -0.39 is 0 Å². The van der Waals surface area contributed by atoms with Crippen molar-refractivity contribution in [3.8, 4) is 11.6 Å². The van der Waals surface area contributed by atoms with E-state index in [1.54, 1.807) is 0 Å². The summed E-state index contributed by atoms with van der Waals surface area (Å²) in [6, 6.07) is 3.28. The van der Waals surface area contributed by atoms with Gasteiger partial charge in [0, 0.05) is 18.3 Å². The first-order valence-corrected chi connectivity index (χ1v) is 4.31. The van der Waals surface area contributed by atoms with Crippen LogP contribution in [0.1, 0.15) is 12.8 Å². The molecule has 70 valence electrons. The van der Waals surface area contributed by atoms with Crippen LogP contribution < -0.4 is 10.5 Å². The predicted octanol–water partition coefficient (Wildman–Crippen LogP) is 0.656. The molecule has 0 unspecified atom stereocenters. The lowest BCUT2D eigenvalue weighted by Crippen LogP contribution is -2.43. The normalized spacial score (nSPS) is 26.5. The average molecular weight is 180 g/mol. The molecule has 1 aromatic rings. The van der Waals surface area contributed by atoms with Crippen molar-refractivity contribution < 1.29 is 9.84 Å². The van der Waals surface area contributed by atoms with Gasteiger partial charge in [-0.3, -0.25) is 0 Å². The third kappa shape index (κ3) is 1.89. The summed E-state index contributed by atoms with van der Waals surface area (Å²) < 4.78 is 5.45. The Morgan fingerprint density at radius 1 is 1.54 bits per heavy atom. The lowest BCUT2D eigenvalue weighted by molar-refractivity contribution is 0.0956. The van der Waals surface area contributed by atoms with Crippen LogP contribution in [0.15, 0.2) is 18.3 Å². The van der Waals surface area contributed by atoms with Crippen molar-refractivity contribution in [2.75, 3.05) is 0 Å². The lowest BCUT2D eigenvalue weighted by Gasteiger charge is -2.31. The predicted molar refractivity (Wildman–Crippen MR) is 47.5 cm³/mol. The van der Waals surface area contributed by atoms with Crippen LogP contribution in [0.5, 0.6) is 11.6 Å². The first-order chi connectivity index (χ1) is 6.24. The summed E-state index contributed by atoms with van der Waals surface area (Å²) in [5.74, 6) is 0.644. The van der Waals surface area contributed by atoms with Gasteiger partial charge in [0.2, 0.25) is 5.88 Å². The summed E-state index contributed by atoms with van der Waals surface area (Å²) >= 11 is 0. The van der Waals surface area contributed by atoms with E-state index in [2.05, 4.69) is 4.98 Å². The maximum absolute atomic E-state index is 9.12. The summed E-state index contributed by atoms with van der Waals surface area (Å²) in [5.41, 5.74) is 5.60. The van der Waals surface area contributed by atoms with Gasteiger partial charge in [-0.15, -0.1) is 0 Å². The second-order valence-electron chi connectivity index (χ2n) is 3.32. The van der Waals surface area contributed by atoms with Crippen molar-refractivity contribution in [2.45, 2.75) is 25.0 Å². The van der Waals surface area contributed by atoms with E-state index in [-0.39, 0.29) is 17.9 Å². The molecule has 1 saturated carbocycles. The summed E-state index contributed by atoms with van der Waals surface area (Å²) in [6.45, 7) is 0. The Bertz CT molecular complexity index is 297. The van der Waals surface area contributed by atoms with Gasteiger partial charge in [0.25, 0.3) is 0 Å². The summed E-state index contributed by atoms with van der Waals surface area (Å²) in [6.07, 6.45) is 3.43. The zero-order valence-corrected chi connectivity index (χ0v) is 7.18. The highest BCUT2D eigenvalue weighted by Gasteiger charge is 2.27. The third-order valence-electron chi connectivity index (χ3n) is 2.14. The number of aromatic hydroxyl groups is 1. The largest absolute Gasteiger partial charge is 0.508 e. The van der Waals surface area contributed by atoms with Crippen molar-refractivity contribution >= 4 is 0 Å². The second-order valence-corrected chi connectivity index (χ2v) is 3.32. The molecule has 3 N–H and O–H groups in total. The number of nitrogens with zero attached hydrogens (tertiary/aromatic N) is 1. The van der Waals surface area contributed by atoms with Crippen molar-refractivity contribution in [2.24, 2.45) is 5.73 Å². The highest BCUT2D eigenvalue weighted by atomic mass is 16.5. The molecule has 1 aliphatic carbocycles. The van der Waals surface area contributed by atoms with Gasteiger partial charge in [-0.25, -0.2) is 4.98 Å². The topological polar surface area (TPSA) is 68.4 Å². The van der Waals surface area contributed by atoms with Crippen LogP contribution in [-0.2, 0) is 0 Å². The summed E-state index contributed by atoms with van der Waals surface area (Å²) in [5, 5.41) is 9.12. The number of aromatic nitrogens is 1. The minimum absolute atomic E-state index is 0.171. The van der Waals surface area contributed by atoms with Crippen LogP contribution in [0, 0.1) is 0 Å². The number of hydrogen-bond donors (Lipinski definition) is 2. The molecule has 0 bridgehead atoms. The van der Waals surface area contributed by atoms with Crippen molar-refractivity contribution in [3.05, 3.63) is 18.3 Å². The Labute approximate surface area is 76.4 Å². The second kappa shape index (κ2) is 3.22. The molecule has 1 aromatic heterocycles. The maximum Gasteiger partial charge on any atom is 0.217 e. The molecule has 4 heteroatoms. The fourth-order valence-corrected chi connectivity index (χ4v) is 1.34. The van der Waals surface area contributed by atoms with Gasteiger partial charge in [0.15, 0.2) is 0 Å². The molecule has 0 atom stereocenters. The third-order valence-corrected chi connectivity index (χ3v) is 2.14. The van der Waals surface area contributed by atoms with Gasteiger partial charge in [-0.2, -0.15) is 0 Å². The fraction of sp³-hybridized carbons (Fsp3) is 0.444. The van der Waals surface area contributed by atoms with Crippen LogP contribution in [0.25, 0.3) is 0 Å². The molecule has 0 aliphatic heterocycles. The Hall–Kier alpha value is -1.29. The van der Waals surface area contributed by atoms with Crippen molar-refractivity contribution in [3.63, 3.8) is 0 Å². The number of pyridine rings is 1. The van der Waals surface area contributed by atoms with E-state index in [0.717, 1.165) is 12.8 Å². The minimum atomic E-state index is 0.171. The highest BCUT2D eigenvalue weighted by Crippen LogP contribution is 2.24. The van der Waals surface area contributed by atoms with E-state index in [1.165, 1.54) is 18.3 Å². The minimum Gasteiger partial charge on any atom is -0.508 e. The molecule has 1 aliphatic rings. The van der Waals surface area contributed by atoms with Crippen LogP contribution in [0.2, 0.25) is 0 Å². The first-order valence-electron chi connectivity index (χ1n) is 4.31. The van der Waals surface area contributed by atoms with Gasteiger partial charge in [-0.1, -0.05) is 0 Å². The molecule has 0 radical (unpaired) electrons. The summed E-state index contributed by atoms with van der Waals surface area (Å²) in [4.78, 5) is 3.96. The Balaban J connectivity index is 1.94. The average Bonchev–Trinajstić information content (AvgIpc) is 2.01. The van der Waals surface area contributed by atoms with Gasteiger partial charge >= 0.3 is 0 Å². The van der Waals surface area contributed by atoms with Crippen LogP contribution >= 0.6 is 0 Å². The van der Waals surface area contributed by atoms with Gasteiger partial charge in [0.05, 0.1) is 0 Å². The van der Waals surface area contributed by atoms with E-state index in [4.69, 9.17) is 15.6 Å². The molecular weight excluding hydrogens is 168 g/mol. The van der Waals surface area contributed by atoms with E-state index in [9.17, 15) is 0 Å². The molecular formula is C9H12N2O2. The highest BCUT2D eigenvalue weighted by molar-refractivity contribution is 5.24. The quantitative estimate of drug-likeness (QED) is 0.701. The lowest BCUT2D eigenvalue weighted by atomic mass is 9.90. The SMILES string of the molecule is N[C@H]1C[C@@H](Oc2cc(O)ccn2)C1. The van der Waals surface area contributed by atoms with E-state index in [0.29, 0.717) is 5.88 Å². The number of hydrogen-bond acceptors (Lipinski definition) is 4. The Kier molecular flexibility index (Phi) is 2.06. The smallest absolute Gasteiger partial charge is 0.217 e. The van der Waals surface area contributed by atoms with Crippen molar-refractivity contribution in [1.29, 1.82) is 0 Å². The first kappa shape index (κ1) is 8.31. The van der Waals surface area contributed by atoms with Gasteiger partial charge in [0.1, 0.15) is 11.9 Å². The molecule has 13 heavy (non-hydrogen) atoms. The number of nitrogens with two attached hydrogens (primary N) is 1. The monoisotopic (exact) mass is 180 g/mol. The molecule has 0 aromatic carbocycles. The molecule has 1 fully saturated rings. The van der Waals surface area contributed by atoms with E-state index >= 15 is 0 Å². The van der Waals surface area contributed by atoms with Gasteiger partial charge < -0.3 is 15.6 Å². The zero-order valence-electron chi connectivity index (χ0n) is 7.18. The number of rotatable bonds is 2. The van der Waals surface area contributed by atoms with Crippen molar-refractivity contribution in [1.82, 2.24) is 4.98 Å². The van der Waals surface area contributed by atoms with E-state index in [1.807, 2.05) is 0 Å². The molecule has 0 amide bonds. The molecule has 4 nitrogen and oxygen atoms in total. The molecule has 1 heterocycles. The number of ether oxygens (including phenoxy) is 1. The molecule has 0 saturated heterocycles. The fourth-order valence-electron chi connectivity index (χ4n) is 1.34. The van der Waals surface area contributed by atoms with Gasteiger partial charge in [-0.05, 0) is 18.9 Å². The molecule has 0 spiro atoms. The Morgan fingerprint density at radius 2 is 2.31 bits per heavy atom. The molecule has 2 rings (SSSR count). The van der Waals surface area contributed by atoms with Crippen LogP contribution in [-0.4, -0.2) is 22.2 Å².